The highest BCUT2D eigenvalue weighted by atomic mass is 35.5. The zero-order chi connectivity index (χ0) is 19.1. The molecule has 3 aliphatic rings. The Hall–Kier alpha value is -2.58. The van der Waals surface area contributed by atoms with E-state index in [1.54, 1.807) is 12.3 Å². The van der Waals surface area contributed by atoms with Crippen LogP contribution in [0.5, 0.6) is 0 Å². The van der Waals surface area contributed by atoms with E-state index >= 15 is 0 Å². The molecule has 2 N–H and O–H groups in total. The average molecular weight is 400 g/mol. The van der Waals surface area contributed by atoms with E-state index < -0.39 is 5.82 Å². The summed E-state index contributed by atoms with van der Waals surface area (Å²) in [6.07, 6.45) is 5.56. The van der Waals surface area contributed by atoms with Gasteiger partial charge >= 0.3 is 0 Å². The normalized spacial score (nSPS) is 23.7. The van der Waals surface area contributed by atoms with Crippen LogP contribution in [0.4, 0.5) is 21.8 Å². The topological polar surface area (TPSA) is 78.9 Å². The third kappa shape index (κ3) is 3.33. The number of hydrogen-bond acceptors (Lipinski definition) is 7. The molecule has 2 aromatic heterocycles. The first-order chi connectivity index (χ1) is 13.7. The molecule has 2 bridgehead atoms. The third-order valence-corrected chi connectivity index (χ3v) is 5.82. The van der Waals surface area contributed by atoms with Crippen molar-refractivity contribution in [3.63, 3.8) is 0 Å². The second-order valence-corrected chi connectivity index (χ2v) is 7.70. The summed E-state index contributed by atoms with van der Waals surface area (Å²) < 4.78 is 13.4. The molecule has 0 saturated carbocycles. The largest absolute Gasteiger partial charge is 0.350 e. The van der Waals surface area contributed by atoms with Crippen molar-refractivity contribution in [2.45, 2.75) is 18.9 Å². The van der Waals surface area contributed by atoms with E-state index in [1.165, 1.54) is 44.4 Å². The molecule has 0 radical (unpaired) electrons. The zero-order valence-electron chi connectivity index (χ0n) is 15.1. The molecule has 9 heteroatoms. The van der Waals surface area contributed by atoms with Crippen molar-refractivity contribution in [2.75, 3.05) is 30.3 Å². The van der Waals surface area contributed by atoms with E-state index in [2.05, 4.69) is 35.5 Å². The van der Waals surface area contributed by atoms with E-state index in [1.807, 2.05) is 0 Å². The lowest BCUT2D eigenvalue weighted by Gasteiger charge is -2.44. The maximum absolute atomic E-state index is 13.4. The van der Waals surface area contributed by atoms with Crippen LogP contribution in [-0.4, -0.2) is 50.5 Å². The predicted octanol–water partition coefficient (Wildman–Crippen LogP) is 3.46. The van der Waals surface area contributed by atoms with Gasteiger partial charge in [0.2, 0.25) is 5.95 Å². The Balaban J connectivity index is 1.43. The second-order valence-electron chi connectivity index (χ2n) is 7.29. The highest BCUT2D eigenvalue weighted by Gasteiger charge is 2.34. The van der Waals surface area contributed by atoms with Crippen LogP contribution in [0.15, 0.2) is 30.7 Å². The van der Waals surface area contributed by atoms with Crippen molar-refractivity contribution in [3.05, 3.63) is 41.6 Å². The van der Waals surface area contributed by atoms with Crippen molar-refractivity contribution in [2.24, 2.45) is 5.92 Å². The number of rotatable bonds is 4. The Bertz CT molecular complexity index is 1020. The summed E-state index contributed by atoms with van der Waals surface area (Å²) in [7, 11) is 0. The van der Waals surface area contributed by atoms with E-state index in [4.69, 9.17) is 11.6 Å². The van der Waals surface area contributed by atoms with Crippen LogP contribution in [0.2, 0.25) is 5.02 Å². The fourth-order valence-electron chi connectivity index (χ4n) is 4.02. The second kappa shape index (κ2) is 7.10. The molecule has 6 rings (SSSR count). The minimum atomic E-state index is -0.467. The van der Waals surface area contributed by atoms with Gasteiger partial charge in [-0.15, -0.1) is 0 Å². The first-order valence-corrected chi connectivity index (χ1v) is 9.72. The fourth-order valence-corrected chi connectivity index (χ4v) is 4.20. The third-order valence-electron chi connectivity index (χ3n) is 5.53. The van der Waals surface area contributed by atoms with Crippen LogP contribution in [0.1, 0.15) is 12.8 Å². The van der Waals surface area contributed by atoms with Gasteiger partial charge in [-0.1, -0.05) is 11.6 Å². The molecular formula is C19H19ClFN7. The van der Waals surface area contributed by atoms with Crippen molar-refractivity contribution < 1.29 is 4.39 Å². The molecule has 5 heterocycles. The molecule has 1 atom stereocenters. The minimum absolute atomic E-state index is 0.0442. The van der Waals surface area contributed by atoms with Gasteiger partial charge in [-0.2, -0.15) is 0 Å². The molecular weight excluding hydrogens is 381 g/mol. The highest BCUT2D eigenvalue weighted by Crippen LogP contribution is 2.30. The number of benzene rings is 1. The van der Waals surface area contributed by atoms with Crippen molar-refractivity contribution in [3.8, 4) is 0 Å². The van der Waals surface area contributed by atoms with Crippen molar-refractivity contribution in [1.82, 2.24) is 24.8 Å². The fraction of sp³-hybridized carbons (Fsp3) is 0.368. The minimum Gasteiger partial charge on any atom is -0.350 e. The van der Waals surface area contributed by atoms with Crippen molar-refractivity contribution in [1.29, 1.82) is 0 Å². The molecule has 3 aliphatic heterocycles. The summed E-state index contributed by atoms with van der Waals surface area (Å²) >= 11 is 5.88. The number of nitrogens with one attached hydrogen (secondary N) is 2. The number of hydrogen-bond donors (Lipinski definition) is 2. The SMILES string of the molecule is Fc1ccc(Nc2ncnc3cnc(N[C@H]4CN5CCC4CC5)nc23)cc1Cl. The van der Waals surface area contributed by atoms with E-state index in [-0.39, 0.29) is 5.02 Å². The average Bonchev–Trinajstić information content (AvgIpc) is 2.72. The first kappa shape index (κ1) is 17.5. The summed E-state index contributed by atoms with van der Waals surface area (Å²) in [5.41, 5.74) is 1.85. The summed E-state index contributed by atoms with van der Waals surface area (Å²) in [6.45, 7) is 3.39. The number of anilines is 3. The van der Waals surface area contributed by atoms with Gasteiger partial charge in [0.15, 0.2) is 5.82 Å². The van der Waals surface area contributed by atoms with Gasteiger partial charge in [0.25, 0.3) is 0 Å². The van der Waals surface area contributed by atoms with Crippen LogP contribution >= 0.6 is 11.6 Å². The molecule has 0 unspecified atom stereocenters. The first-order valence-electron chi connectivity index (χ1n) is 9.34. The molecule has 3 saturated heterocycles. The maximum atomic E-state index is 13.4. The Kier molecular flexibility index (Phi) is 4.44. The number of piperidine rings is 3. The van der Waals surface area contributed by atoms with Gasteiger partial charge < -0.3 is 15.5 Å². The van der Waals surface area contributed by atoms with Crippen LogP contribution in [0, 0.1) is 11.7 Å². The summed E-state index contributed by atoms with van der Waals surface area (Å²) in [6, 6.07) is 4.78. The quantitative estimate of drug-likeness (QED) is 0.695. The smallest absolute Gasteiger partial charge is 0.223 e. The van der Waals surface area contributed by atoms with Gasteiger partial charge in [0.1, 0.15) is 23.2 Å². The molecule has 7 nitrogen and oxygen atoms in total. The molecule has 3 aromatic rings. The summed E-state index contributed by atoms with van der Waals surface area (Å²) in [5, 5.41) is 6.68. The Morgan fingerprint density at radius 2 is 2.00 bits per heavy atom. The molecule has 0 spiro atoms. The lowest BCUT2D eigenvalue weighted by atomic mass is 9.84. The zero-order valence-corrected chi connectivity index (χ0v) is 15.8. The van der Waals surface area contributed by atoms with Gasteiger partial charge in [-0.25, -0.2) is 24.3 Å². The van der Waals surface area contributed by atoms with E-state index in [0.717, 1.165) is 6.54 Å². The van der Waals surface area contributed by atoms with E-state index in [9.17, 15) is 4.39 Å². The van der Waals surface area contributed by atoms with E-state index in [0.29, 0.717) is 40.4 Å². The van der Waals surface area contributed by atoms with Crippen LogP contribution in [0.25, 0.3) is 11.0 Å². The summed E-state index contributed by atoms with van der Waals surface area (Å²) in [5.74, 6) is 1.29. The lowest BCUT2D eigenvalue weighted by molar-refractivity contribution is 0.0972. The van der Waals surface area contributed by atoms with Crippen LogP contribution in [0.3, 0.4) is 0 Å². The standard InChI is InChI=1S/C19H19ClFN7/c20-13-7-12(1-2-14(13)21)25-18-17-15(23-10-24-18)8-22-19(27-17)26-16-9-28-5-3-11(16)4-6-28/h1-2,7-8,10-11,16H,3-6,9H2,(H,22,26,27)(H,23,24,25)/t16-/m0/s1. The molecule has 0 amide bonds. The molecule has 3 fully saturated rings. The summed E-state index contributed by atoms with van der Waals surface area (Å²) in [4.78, 5) is 20.1. The van der Waals surface area contributed by atoms with Gasteiger partial charge in [0, 0.05) is 18.3 Å². The maximum Gasteiger partial charge on any atom is 0.223 e. The molecule has 28 heavy (non-hydrogen) atoms. The van der Waals surface area contributed by atoms with Gasteiger partial charge in [0.05, 0.1) is 11.2 Å². The monoisotopic (exact) mass is 399 g/mol. The number of halogens is 2. The van der Waals surface area contributed by atoms with Crippen LogP contribution in [-0.2, 0) is 0 Å². The van der Waals surface area contributed by atoms with Crippen molar-refractivity contribution >= 4 is 40.1 Å². The number of aromatic nitrogens is 4. The van der Waals surface area contributed by atoms with Crippen LogP contribution < -0.4 is 10.6 Å². The number of fused-ring (bicyclic) bond motifs is 4. The lowest BCUT2D eigenvalue weighted by Crippen LogP contribution is -2.53. The molecule has 0 aliphatic carbocycles. The Labute approximate surface area is 166 Å². The van der Waals surface area contributed by atoms with Gasteiger partial charge in [-0.3, -0.25) is 0 Å². The Morgan fingerprint density at radius 3 is 2.75 bits per heavy atom. The molecule has 144 valence electrons. The number of nitrogens with zero attached hydrogens (tertiary/aromatic N) is 5. The Morgan fingerprint density at radius 1 is 1.14 bits per heavy atom. The highest BCUT2D eigenvalue weighted by molar-refractivity contribution is 6.31. The predicted molar refractivity (Wildman–Crippen MR) is 106 cm³/mol. The van der Waals surface area contributed by atoms with Gasteiger partial charge in [-0.05, 0) is 50.0 Å². The molecule has 1 aromatic carbocycles.